The first-order valence-corrected chi connectivity index (χ1v) is 9.36. The van der Waals surface area contributed by atoms with E-state index in [0.717, 1.165) is 0 Å². The second kappa shape index (κ2) is 6.84. The van der Waals surface area contributed by atoms with Gasteiger partial charge in [-0.15, -0.1) is 0 Å². The number of carbonyl (C=O) groups is 1. The Morgan fingerprint density at radius 2 is 1.75 bits per heavy atom. The zero-order valence-electron chi connectivity index (χ0n) is 13.5. The third kappa shape index (κ3) is 3.26. The summed E-state index contributed by atoms with van der Waals surface area (Å²) < 4.78 is 27.5. The molecule has 3 rings (SSSR count). The fourth-order valence-electron chi connectivity index (χ4n) is 2.88. The molecule has 0 unspecified atom stereocenters. The van der Waals surface area contributed by atoms with Gasteiger partial charge in [-0.2, -0.15) is 4.31 Å². The smallest absolute Gasteiger partial charge is 0.243 e. The van der Waals surface area contributed by atoms with Crippen LogP contribution in [0.5, 0.6) is 0 Å². The first kappa shape index (κ1) is 16.8. The van der Waals surface area contributed by atoms with Crippen molar-refractivity contribution in [2.24, 2.45) is 0 Å². The first-order chi connectivity index (χ1) is 11.5. The molecular formula is C18H20N2O3S. The molecule has 5 nitrogen and oxygen atoms in total. The Kier molecular flexibility index (Phi) is 4.80. The molecule has 6 heteroatoms. The van der Waals surface area contributed by atoms with Crippen LogP contribution in [-0.4, -0.2) is 44.2 Å². The lowest BCUT2D eigenvalue weighted by Crippen LogP contribution is -2.51. The number of piperazine rings is 1. The molecule has 24 heavy (non-hydrogen) atoms. The van der Waals surface area contributed by atoms with E-state index in [2.05, 4.69) is 5.32 Å². The van der Waals surface area contributed by atoms with E-state index >= 15 is 0 Å². The van der Waals surface area contributed by atoms with Crippen LogP contribution >= 0.6 is 0 Å². The molecule has 0 spiro atoms. The van der Waals surface area contributed by atoms with Crippen molar-refractivity contribution in [2.75, 3.05) is 19.6 Å². The van der Waals surface area contributed by atoms with Gasteiger partial charge in [-0.3, -0.25) is 4.79 Å². The average molecular weight is 344 g/mol. The zero-order chi connectivity index (χ0) is 17.2. The van der Waals surface area contributed by atoms with Crippen LogP contribution in [0.3, 0.4) is 0 Å². The molecule has 2 aromatic carbocycles. The molecule has 1 saturated heterocycles. The fourth-order valence-corrected chi connectivity index (χ4v) is 4.60. The van der Waals surface area contributed by atoms with E-state index < -0.39 is 10.0 Å². The SMILES string of the molecule is C[C@H]1CN(S(=O)(=O)c2ccccc2C(=O)c2ccccc2)CCN1. The van der Waals surface area contributed by atoms with E-state index in [1.54, 1.807) is 42.5 Å². The van der Waals surface area contributed by atoms with E-state index in [4.69, 9.17) is 0 Å². The summed E-state index contributed by atoms with van der Waals surface area (Å²) in [6, 6.07) is 15.3. The zero-order valence-corrected chi connectivity index (χ0v) is 14.3. The molecule has 0 saturated carbocycles. The number of nitrogens with zero attached hydrogens (tertiary/aromatic N) is 1. The van der Waals surface area contributed by atoms with Gasteiger partial charge in [-0.25, -0.2) is 8.42 Å². The molecule has 1 aliphatic heterocycles. The van der Waals surface area contributed by atoms with E-state index in [-0.39, 0.29) is 22.3 Å². The standard InChI is InChI=1S/C18H20N2O3S/c1-14-13-20(12-11-19-14)24(22,23)17-10-6-5-9-16(17)18(21)15-7-3-2-4-8-15/h2-10,14,19H,11-13H2,1H3/t14-/m0/s1. The Bertz CT molecular complexity index is 834. The molecule has 1 atom stereocenters. The third-order valence-electron chi connectivity index (χ3n) is 4.12. The second-order valence-electron chi connectivity index (χ2n) is 5.91. The molecule has 2 aromatic rings. The van der Waals surface area contributed by atoms with Crippen molar-refractivity contribution in [1.29, 1.82) is 0 Å². The van der Waals surface area contributed by atoms with Crippen LogP contribution in [0.15, 0.2) is 59.5 Å². The first-order valence-electron chi connectivity index (χ1n) is 7.92. The van der Waals surface area contributed by atoms with Crippen molar-refractivity contribution >= 4 is 15.8 Å². The van der Waals surface area contributed by atoms with E-state index in [1.165, 1.54) is 10.4 Å². The number of hydrogen-bond acceptors (Lipinski definition) is 4. The highest BCUT2D eigenvalue weighted by Crippen LogP contribution is 2.23. The lowest BCUT2D eigenvalue weighted by atomic mass is 10.0. The predicted octanol–water partition coefficient (Wildman–Crippen LogP) is 1.90. The van der Waals surface area contributed by atoms with Crippen LogP contribution in [-0.2, 0) is 10.0 Å². The highest BCUT2D eigenvalue weighted by atomic mass is 32.2. The lowest BCUT2D eigenvalue weighted by molar-refractivity contribution is 0.103. The van der Waals surface area contributed by atoms with Gasteiger partial charge in [-0.05, 0) is 19.1 Å². The number of sulfonamides is 1. The second-order valence-corrected chi connectivity index (χ2v) is 7.82. The van der Waals surface area contributed by atoms with E-state index in [9.17, 15) is 13.2 Å². The van der Waals surface area contributed by atoms with Gasteiger partial charge in [0.1, 0.15) is 0 Å². The molecule has 0 radical (unpaired) electrons. The number of nitrogens with one attached hydrogen (secondary N) is 1. The van der Waals surface area contributed by atoms with Crippen molar-refractivity contribution in [3.05, 3.63) is 65.7 Å². The van der Waals surface area contributed by atoms with Crippen molar-refractivity contribution < 1.29 is 13.2 Å². The summed E-state index contributed by atoms with van der Waals surface area (Å²) in [4.78, 5) is 12.8. The van der Waals surface area contributed by atoms with Crippen LogP contribution in [0.2, 0.25) is 0 Å². The Morgan fingerprint density at radius 1 is 1.08 bits per heavy atom. The van der Waals surface area contributed by atoms with Crippen LogP contribution in [0.1, 0.15) is 22.8 Å². The molecule has 126 valence electrons. The van der Waals surface area contributed by atoms with Gasteiger partial charge >= 0.3 is 0 Å². The topological polar surface area (TPSA) is 66.5 Å². The number of benzene rings is 2. The molecule has 0 bridgehead atoms. The maximum atomic E-state index is 13.0. The largest absolute Gasteiger partial charge is 0.312 e. The normalized spacial score (nSPS) is 19.1. The summed E-state index contributed by atoms with van der Waals surface area (Å²) in [6.45, 7) is 3.36. The maximum Gasteiger partial charge on any atom is 0.243 e. The average Bonchev–Trinajstić information content (AvgIpc) is 2.62. The summed E-state index contributed by atoms with van der Waals surface area (Å²) in [5.41, 5.74) is 0.698. The number of ketones is 1. The molecule has 1 aliphatic rings. The lowest BCUT2D eigenvalue weighted by Gasteiger charge is -2.31. The van der Waals surface area contributed by atoms with Crippen molar-refractivity contribution in [3.63, 3.8) is 0 Å². The van der Waals surface area contributed by atoms with Gasteiger partial charge in [0.05, 0.1) is 4.90 Å². The van der Waals surface area contributed by atoms with Gasteiger partial charge < -0.3 is 5.32 Å². The van der Waals surface area contributed by atoms with Gasteiger partial charge in [0.25, 0.3) is 0 Å². The number of rotatable bonds is 4. The molecule has 0 aliphatic carbocycles. The number of carbonyl (C=O) groups excluding carboxylic acids is 1. The maximum absolute atomic E-state index is 13.0. The molecule has 1 heterocycles. The predicted molar refractivity (Wildman–Crippen MR) is 92.5 cm³/mol. The Morgan fingerprint density at radius 3 is 2.46 bits per heavy atom. The molecular weight excluding hydrogens is 324 g/mol. The monoisotopic (exact) mass is 344 g/mol. The van der Waals surface area contributed by atoms with Crippen LogP contribution < -0.4 is 5.32 Å². The summed E-state index contributed by atoms with van der Waals surface area (Å²) in [5.74, 6) is -0.280. The molecule has 1 N–H and O–H groups in total. The Hall–Kier alpha value is -2.02. The van der Waals surface area contributed by atoms with Crippen LogP contribution in [0, 0.1) is 0 Å². The highest BCUT2D eigenvalue weighted by molar-refractivity contribution is 7.89. The molecule has 1 fully saturated rings. The molecule has 0 aromatic heterocycles. The Labute approximate surface area is 142 Å². The summed E-state index contributed by atoms with van der Waals surface area (Å²) in [6.07, 6.45) is 0. The minimum absolute atomic E-state index is 0.0768. The number of hydrogen-bond donors (Lipinski definition) is 1. The van der Waals surface area contributed by atoms with Gasteiger partial charge in [0, 0.05) is 36.8 Å². The van der Waals surface area contributed by atoms with E-state index in [1.807, 2.05) is 13.0 Å². The van der Waals surface area contributed by atoms with Crippen molar-refractivity contribution in [3.8, 4) is 0 Å². The minimum atomic E-state index is -3.71. The van der Waals surface area contributed by atoms with E-state index in [0.29, 0.717) is 25.2 Å². The summed E-state index contributed by atoms with van der Waals surface area (Å²) >= 11 is 0. The Balaban J connectivity index is 2.01. The van der Waals surface area contributed by atoms with Gasteiger partial charge in [0.2, 0.25) is 10.0 Å². The third-order valence-corrected chi connectivity index (χ3v) is 6.04. The highest BCUT2D eigenvalue weighted by Gasteiger charge is 2.31. The van der Waals surface area contributed by atoms with Gasteiger partial charge in [-0.1, -0.05) is 42.5 Å². The quantitative estimate of drug-likeness (QED) is 0.861. The summed E-state index contributed by atoms with van der Waals surface area (Å²) in [5, 5.41) is 3.23. The molecule has 0 amide bonds. The van der Waals surface area contributed by atoms with Crippen molar-refractivity contribution in [1.82, 2.24) is 9.62 Å². The van der Waals surface area contributed by atoms with Crippen LogP contribution in [0.4, 0.5) is 0 Å². The van der Waals surface area contributed by atoms with Gasteiger partial charge in [0.15, 0.2) is 5.78 Å². The van der Waals surface area contributed by atoms with Crippen molar-refractivity contribution in [2.45, 2.75) is 17.9 Å². The minimum Gasteiger partial charge on any atom is -0.312 e. The summed E-state index contributed by atoms with van der Waals surface area (Å²) in [7, 11) is -3.71. The van der Waals surface area contributed by atoms with Crippen LogP contribution in [0.25, 0.3) is 0 Å². The fraction of sp³-hybridized carbons (Fsp3) is 0.278.